The van der Waals surface area contributed by atoms with E-state index in [-0.39, 0.29) is 16.3 Å². The van der Waals surface area contributed by atoms with Crippen molar-refractivity contribution in [3.8, 4) is 0 Å². The molecule has 1 rings (SSSR count). The maximum atomic E-state index is 11.5. The molecule has 0 aliphatic heterocycles. The van der Waals surface area contributed by atoms with Gasteiger partial charge in [0.1, 0.15) is 9.84 Å². The Morgan fingerprint density at radius 3 is 2.32 bits per heavy atom. The maximum Gasteiger partial charge on any atom is 0.177 e. The van der Waals surface area contributed by atoms with Gasteiger partial charge in [-0.05, 0) is 18.6 Å². The van der Waals surface area contributed by atoms with E-state index in [1.807, 2.05) is 0 Å². The number of hydrogen-bond donors (Lipinski definition) is 2. The second kappa shape index (κ2) is 5.79. The lowest BCUT2D eigenvalue weighted by Crippen LogP contribution is -2.12. The molecular weight excluding hydrogens is 288 g/mol. The second-order valence-electron chi connectivity index (χ2n) is 4.40. The molecule has 0 heterocycles. The van der Waals surface area contributed by atoms with E-state index >= 15 is 0 Å². The first-order valence-electron chi connectivity index (χ1n) is 5.61. The van der Waals surface area contributed by atoms with E-state index in [0.29, 0.717) is 18.7 Å². The number of para-hydroxylation sites is 1. The molecule has 0 saturated carbocycles. The van der Waals surface area contributed by atoms with Crippen molar-refractivity contribution >= 4 is 31.0 Å². The molecule has 0 aliphatic carbocycles. The summed E-state index contributed by atoms with van der Waals surface area (Å²) in [6.45, 7) is 0.407. The third-order valence-electron chi connectivity index (χ3n) is 2.47. The molecule has 1 aromatic carbocycles. The van der Waals surface area contributed by atoms with Crippen molar-refractivity contribution in [3.05, 3.63) is 18.2 Å². The van der Waals surface area contributed by atoms with Gasteiger partial charge in [0.2, 0.25) is 0 Å². The zero-order chi connectivity index (χ0) is 14.7. The van der Waals surface area contributed by atoms with Crippen LogP contribution in [-0.2, 0) is 19.7 Å². The minimum atomic E-state index is -3.37. The van der Waals surface area contributed by atoms with Crippen LogP contribution in [0, 0.1) is 0 Å². The molecule has 0 fully saturated rings. The van der Waals surface area contributed by atoms with Crippen LogP contribution in [0.2, 0.25) is 0 Å². The minimum absolute atomic E-state index is 0.0700. The smallest absolute Gasteiger partial charge is 0.177 e. The highest BCUT2D eigenvalue weighted by Gasteiger charge is 2.13. The Morgan fingerprint density at radius 1 is 1.16 bits per heavy atom. The SMILES string of the molecule is CS(=O)(=O)CCCNc1cccc(S(C)(=O)=O)c1N. The van der Waals surface area contributed by atoms with Crippen LogP contribution >= 0.6 is 0 Å². The van der Waals surface area contributed by atoms with E-state index < -0.39 is 19.7 Å². The van der Waals surface area contributed by atoms with Gasteiger partial charge in [-0.15, -0.1) is 0 Å². The standard InChI is InChI=1S/C11H18N2O4S2/c1-18(14,15)8-4-7-13-9-5-3-6-10(11(9)12)19(2,16)17/h3,5-6,13H,4,7-8,12H2,1-2H3. The van der Waals surface area contributed by atoms with Crippen molar-refractivity contribution in [2.45, 2.75) is 11.3 Å². The Labute approximate surface area is 113 Å². The van der Waals surface area contributed by atoms with Crippen LogP contribution in [0.3, 0.4) is 0 Å². The Hall–Kier alpha value is -1.28. The number of anilines is 2. The fraction of sp³-hybridized carbons (Fsp3) is 0.455. The summed E-state index contributed by atoms with van der Waals surface area (Å²) in [5.41, 5.74) is 6.43. The Kier molecular flexibility index (Phi) is 4.81. The lowest BCUT2D eigenvalue weighted by molar-refractivity contribution is 0.599. The van der Waals surface area contributed by atoms with Crippen molar-refractivity contribution in [1.82, 2.24) is 0 Å². The van der Waals surface area contributed by atoms with Gasteiger partial charge in [0.05, 0.1) is 22.0 Å². The molecule has 0 spiro atoms. The second-order valence-corrected chi connectivity index (χ2v) is 8.64. The van der Waals surface area contributed by atoms with Gasteiger partial charge in [0.25, 0.3) is 0 Å². The van der Waals surface area contributed by atoms with Crippen LogP contribution < -0.4 is 11.1 Å². The Bertz CT molecular complexity index is 651. The number of nitrogen functional groups attached to an aromatic ring is 1. The van der Waals surface area contributed by atoms with Crippen molar-refractivity contribution in [1.29, 1.82) is 0 Å². The van der Waals surface area contributed by atoms with Crippen molar-refractivity contribution in [2.75, 3.05) is 35.9 Å². The molecule has 0 saturated heterocycles. The highest BCUT2D eigenvalue weighted by molar-refractivity contribution is 7.91. The normalized spacial score (nSPS) is 12.3. The summed E-state index contributed by atoms with van der Waals surface area (Å²) in [6, 6.07) is 4.68. The summed E-state index contributed by atoms with van der Waals surface area (Å²) in [4.78, 5) is 0.0700. The predicted molar refractivity (Wildman–Crippen MR) is 76.8 cm³/mol. The topological polar surface area (TPSA) is 106 Å². The summed E-state index contributed by atoms with van der Waals surface area (Å²) in [7, 11) is -6.36. The van der Waals surface area contributed by atoms with Crippen LogP contribution in [-0.4, -0.2) is 41.6 Å². The highest BCUT2D eigenvalue weighted by atomic mass is 32.2. The molecule has 19 heavy (non-hydrogen) atoms. The van der Waals surface area contributed by atoms with Gasteiger partial charge in [-0.2, -0.15) is 0 Å². The zero-order valence-electron chi connectivity index (χ0n) is 10.9. The van der Waals surface area contributed by atoms with Crippen molar-refractivity contribution in [3.63, 3.8) is 0 Å². The van der Waals surface area contributed by atoms with Crippen LogP contribution in [0.5, 0.6) is 0 Å². The molecule has 0 unspecified atom stereocenters. The van der Waals surface area contributed by atoms with Gasteiger partial charge in [-0.3, -0.25) is 0 Å². The monoisotopic (exact) mass is 306 g/mol. The molecule has 108 valence electrons. The van der Waals surface area contributed by atoms with E-state index in [1.54, 1.807) is 12.1 Å². The van der Waals surface area contributed by atoms with Crippen LogP contribution in [0.25, 0.3) is 0 Å². The van der Waals surface area contributed by atoms with Crippen LogP contribution in [0.4, 0.5) is 11.4 Å². The number of benzene rings is 1. The minimum Gasteiger partial charge on any atom is -0.396 e. The van der Waals surface area contributed by atoms with Crippen molar-refractivity contribution < 1.29 is 16.8 Å². The van der Waals surface area contributed by atoms with Crippen molar-refractivity contribution in [2.24, 2.45) is 0 Å². The first-order chi connectivity index (χ1) is 8.61. The average molecular weight is 306 g/mol. The molecule has 0 bridgehead atoms. The third kappa shape index (κ3) is 5.07. The molecule has 0 aromatic heterocycles. The molecular formula is C11H18N2O4S2. The van der Waals surface area contributed by atoms with Gasteiger partial charge in [-0.25, -0.2) is 16.8 Å². The van der Waals surface area contributed by atoms with E-state index in [2.05, 4.69) is 5.32 Å². The summed E-state index contributed by atoms with van der Waals surface area (Å²) in [6.07, 6.45) is 2.69. The largest absolute Gasteiger partial charge is 0.396 e. The van der Waals surface area contributed by atoms with Crippen LogP contribution in [0.1, 0.15) is 6.42 Å². The lowest BCUT2D eigenvalue weighted by Gasteiger charge is -2.11. The molecule has 0 atom stereocenters. The van der Waals surface area contributed by atoms with Gasteiger partial charge in [0.15, 0.2) is 9.84 Å². The van der Waals surface area contributed by atoms with Gasteiger partial charge in [0, 0.05) is 19.1 Å². The molecule has 0 amide bonds. The molecule has 1 aromatic rings. The number of sulfone groups is 2. The fourth-order valence-corrected chi connectivity index (χ4v) is 3.08. The number of hydrogen-bond acceptors (Lipinski definition) is 6. The third-order valence-corrected chi connectivity index (χ3v) is 4.66. The first kappa shape index (κ1) is 15.8. The highest BCUT2D eigenvalue weighted by Crippen LogP contribution is 2.26. The van der Waals surface area contributed by atoms with Crippen LogP contribution in [0.15, 0.2) is 23.1 Å². The first-order valence-corrected chi connectivity index (χ1v) is 9.56. The fourth-order valence-electron chi connectivity index (χ4n) is 1.58. The molecule has 8 heteroatoms. The average Bonchev–Trinajstić information content (AvgIpc) is 2.23. The number of nitrogens with two attached hydrogens (primary N) is 1. The lowest BCUT2D eigenvalue weighted by atomic mass is 10.2. The number of nitrogens with one attached hydrogen (secondary N) is 1. The summed E-state index contributed by atoms with van der Waals surface area (Å²) in [5.74, 6) is 0.0751. The van der Waals surface area contributed by atoms with E-state index in [4.69, 9.17) is 5.73 Å². The zero-order valence-corrected chi connectivity index (χ0v) is 12.5. The predicted octanol–water partition coefficient (Wildman–Crippen LogP) is 0.519. The molecule has 0 aliphatic rings. The maximum absolute atomic E-state index is 11.5. The molecule has 0 radical (unpaired) electrons. The van der Waals surface area contributed by atoms with Gasteiger partial charge in [-0.1, -0.05) is 6.07 Å². The quantitative estimate of drug-likeness (QED) is 0.586. The summed E-state index contributed by atoms with van der Waals surface area (Å²) < 4.78 is 44.9. The number of rotatable bonds is 6. The molecule has 6 nitrogen and oxygen atoms in total. The van der Waals surface area contributed by atoms with E-state index in [0.717, 1.165) is 6.26 Å². The van der Waals surface area contributed by atoms with E-state index in [1.165, 1.54) is 12.3 Å². The Morgan fingerprint density at radius 2 is 1.79 bits per heavy atom. The molecule has 3 N–H and O–H groups in total. The van der Waals surface area contributed by atoms with Gasteiger partial charge >= 0.3 is 0 Å². The summed E-state index contributed by atoms with van der Waals surface area (Å²) >= 11 is 0. The van der Waals surface area contributed by atoms with Gasteiger partial charge < -0.3 is 11.1 Å². The van der Waals surface area contributed by atoms with E-state index in [9.17, 15) is 16.8 Å². The summed E-state index contributed by atoms with van der Waals surface area (Å²) in [5, 5.41) is 2.94. The Balaban J connectivity index is 2.76.